The molecular formula is C60H36N2. The molecule has 1 aliphatic rings. The highest BCUT2D eigenvalue weighted by Crippen LogP contribution is 2.52. The zero-order chi connectivity index (χ0) is 40.5. The molecule has 0 spiro atoms. The van der Waals surface area contributed by atoms with E-state index in [0.717, 1.165) is 11.4 Å². The summed E-state index contributed by atoms with van der Waals surface area (Å²) in [7, 11) is 0. The van der Waals surface area contributed by atoms with Crippen LogP contribution >= 0.6 is 0 Å². The number of rotatable bonds is 2. The number of hydrogen-bond donors (Lipinski definition) is 0. The van der Waals surface area contributed by atoms with Crippen molar-refractivity contribution < 1.29 is 0 Å². The summed E-state index contributed by atoms with van der Waals surface area (Å²) in [5.74, 6) is 0. The first-order valence-electron chi connectivity index (χ1n) is 21.5. The summed E-state index contributed by atoms with van der Waals surface area (Å²) in [5, 5.41) is 12.7. The molecular weight excluding hydrogens is 749 g/mol. The summed E-state index contributed by atoms with van der Waals surface area (Å²) in [6.45, 7) is 0. The molecule has 0 N–H and O–H groups in total. The highest BCUT2D eigenvalue weighted by atomic mass is 15.1. The third kappa shape index (κ3) is 4.53. The fraction of sp³-hybridized carbons (Fsp3) is 0. The van der Waals surface area contributed by atoms with Gasteiger partial charge < -0.3 is 9.13 Å². The predicted molar refractivity (Wildman–Crippen MR) is 263 cm³/mol. The molecule has 0 atom stereocenters. The van der Waals surface area contributed by atoms with E-state index in [9.17, 15) is 0 Å². The van der Waals surface area contributed by atoms with Crippen LogP contribution in [0.25, 0.3) is 132 Å². The van der Waals surface area contributed by atoms with E-state index in [0.29, 0.717) is 0 Å². The number of nitrogens with zero attached hydrogens (tertiary/aromatic N) is 2. The van der Waals surface area contributed by atoms with Crippen molar-refractivity contribution in [3.05, 3.63) is 218 Å². The van der Waals surface area contributed by atoms with Crippen LogP contribution in [0.1, 0.15) is 0 Å². The fourth-order valence-corrected chi connectivity index (χ4v) is 11.0. The monoisotopic (exact) mass is 784 g/mol. The Labute approximate surface area is 357 Å². The van der Waals surface area contributed by atoms with Crippen LogP contribution in [0, 0.1) is 0 Å². The van der Waals surface area contributed by atoms with Gasteiger partial charge in [0.1, 0.15) is 0 Å². The summed E-state index contributed by atoms with van der Waals surface area (Å²) in [6, 6.07) is 81.5. The van der Waals surface area contributed by atoms with Crippen molar-refractivity contribution in [3.8, 4) is 55.9 Å². The molecule has 11 aromatic carbocycles. The van der Waals surface area contributed by atoms with Crippen molar-refractivity contribution in [1.29, 1.82) is 0 Å². The van der Waals surface area contributed by atoms with Crippen LogP contribution < -0.4 is 0 Å². The van der Waals surface area contributed by atoms with Crippen LogP contribution in [-0.4, -0.2) is 9.13 Å². The van der Waals surface area contributed by atoms with Gasteiger partial charge in [-0.2, -0.15) is 0 Å². The minimum Gasteiger partial charge on any atom is -0.307 e. The van der Waals surface area contributed by atoms with Crippen LogP contribution in [0.15, 0.2) is 218 Å². The molecule has 2 nitrogen and oxygen atoms in total. The first-order valence-corrected chi connectivity index (χ1v) is 21.5. The van der Waals surface area contributed by atoms with Crippen molar-refractivity contribution in [2.45, 2.75) is 0 Å². The van der Waals surface area contributed by atoms with Crippen molar-refractivity contribution in [1.82, 2.24) is 9.13 Å². The molecule has 0 aliphatic heterocycles. The van der Waals surface area contributed by atoms with Gasteiger partial charge in [0.15, 0.2) is 0 Å². The summed E-state index contributed by atoms with van der Waals surface area (Å²) in [5.41, 5.74) is 16.8. The smallest absolute Gasteiger partial charge is 0.0709 e. The Hall–Kier alpha value is -8.20. The Morgan fingerprint density at radius 3 is 0.710 bits per heavy atom. The first-order chi connectivity index (χ1) is 30.8. The second kappa shape index (κ2) is 12.7. The molecule has 1 aliphatic carbocycles. The van der Waals surface area contributed by atoms with Gasteiger partial charge in [-0.3, -0.25) is 0 Å². The number of aromatic nitrogens is 2. The second-order valence-corrected chi connectivity index (χ2v) is 16.8. The van der Waals surface area contributed by atoms with E-state index in [-0.39, 0.29) is 0 Å². The molecule has 0 unspecified atom stereocenters. The zero-order valence-corrected chi connectivity index (χ0v) is 33.7. The predicted octanol–water partition coefficient (Wildman–Crippen LogP) is 16.3. The van der Waals surface area contributed by atoms with Gasteiger partial charge in [0.2, 0.25) is 0 Å². The van der Waals surface area contributed by atoms with E-state index < -0.39 is 0 Å². The third-order valence-electron chi connectivity index (χ3n) is 13.7. The van der Waals surface area contributed by atoms with E-state index in [4.69, 9.17) is 0 Å². The molecule has 286 valence electrons. The topological polar surface area (TPSA) is 9.86 Å². The highest BCUT2D eigenvalue weighted by molar-refractivity contribution is 6.27. The van der Waals surface area contributed by atoms with Gasteiger partial charge in [-0.25, -0.2) is 0 Å². The molecule has 0 radical (unpaired) electrons. The third-order valence-corrected chi connectivity index (χ3v) is 13.7. The van der Waals surface area contributed by atoms with E-state index in [1.54, 1.807) is 0 Å². The van der Waals surface area contributed by atoms with Crippen LogP contribution in [0.4, 0.5) is 0 Å². The average Bonchev–Trinajstić information content (AvgIpc) is 3.86. The Morgan fingerprint density at radius 1 is 0.177 bits per heavy atom. The maximum absolute atomic E-state index is 2.51. The van der Waals surface area contributed by atoms with Gasteiger partial charge in [-0.05, 0) is 125 Å². The quantitative estimate of drug-likeness (QED) is 0.155. The molecule has 2 heterocycles. The molecule has 0 saturated heterocycles. The Bertz CT molecular complexity index is 3680. The largest absolute Gasteiger partial charge is 0.307 e. The molecule has 13 aromatic rings. The lowest BCUT2D eigenvalue weighted by Gasteiger charge is -2.27. The van der Waals surface area contributed by atoms with Crippen molar-refractivity contribution in [3.63, 3.8) is 0 Å². The minimum atomic E-state index is 1.14. The highest BCUT2D eigenvalue weighted by Gasteiger charge is 2.27. The molecule has 0 amide bonds. The maximum atomic E-state index is 2.51. The lowest BCUT2D eigenvalue weighted by atomic mass is 9.79. The van der Waals surface area contributed by atoms with Crippen LogP contribution in [-0.2, 0) is 0 Å². The Kier molecular flexibility index (Phi) is 6.86. The zero-order valence-electron chi connectivity index (χ0n) is 33.7. The number of para-hydroxylation sites is 4. The van der Waals surface area contributed by atoms with E-state index in [1.165, 1.54) is 120 Å². The van der Waals surface area contributed by atoms with Gasteiger partial charge in [-0.15, -0.1) is 0 Å². The molecule has 0 saturated carbocycles. The lowest BCUT2D eigenvalue weighted by molar-refractivity contribution is 1.10. The maximum Gasteiger partial charge on any atom is 0.0709 e. The van der Waals surface area contributed by atoms with Crippen molar-refractivity contribution >= 4 is 75.9 Å². The fourth-order valence-electron chi connectivity index (χ4n) is 11.0. The van der Waals surface area contributed by atoms with Crippen LogP contribution in [0.3, 0.4) is 0 Å². The van der Waals surface area contributed by atoms with Gasteiger partial charge in [-0.1, -0.05) is 170 Å². The van der Waals surface area contributed by atoms with Gasteiger partial charge in [0.05, 0.1) is 33.4 Å². The van der Waals surface area contributed by atoms with E-state index in [2.05, 4.69) is 228 Å². The van der Waals surface area contributed by atoms with Gasteiger partial charge >= 0.3 is 0 Å². The second-order valence-electron chi connectivity index (χ2n) is 16.8. The van der Waals surface area contributed by atoms with Gasteiger partial charge in [0.25, 0.3) is 0 Å². The SMILES string of the molecule is c1ccc2c(c1)-c1cc(-n3c4ccccc4c4ccccc43)c(-n3c4ccccc4c4ccccc43)cc1-c1ccccc1-c1cc3c4ccccc4c4ccccc4c3cc1-2. The lowest BCUT2D eigenvalue weighted by Crippen LogP contribution is -2.06. The first kappa shape index (κ1) is 33.6. The van der Waals surface area contributed by atoms with Gasteiger partial charge in [0, 0.05) is 21.5 Å². The number of benzene rings is 11. The summed E-state index contributed by atoms with van der Waals surface area (Å²) < 4.78 is 5.02. The summed E-state index contributed by atoms with van der Waals surface area (Å²) >= 11 is 0. The molecule has 0 bridgehead atoms. The van der Waals surface area contributed by atoms with Crippen LogP contribution in [0.2, 0.25) is 0 Å². The number of fused-ring (bicyclic) bond motifs is 20. The molecule has 2 aromatic heterocycles. The van der Waals surface area contributed by atoms with Crippen LogP contribution in [0.5, 0.6) is 0 Å². The standard InChI is InChI=1S/C60H36N2/c1-3-19-39-37(17-1)38-18-2-4-20-40(38)50-34-52-42-22-6-8-24-44(42)54-36-60(62-57-31-15-11-27-47(57)48-28-12-16-32-58(48)62)59(35-53(54)43-23-7-5-21-41(43)51(52)33-49(39)50)61-55-29-13-9-25-45(55)46-26-10-14-30-56(46)61/h1-36H. The Morgan fingerprint density at radius 2 is 0.403 bits per heavy atom. The number of hydrogen-bond acceptors (Lipinski definition) is 0. The minimum absolute atomic E-state index is 1.14. The molecule has 62 heavy (non-hydrogen) atoms. The Balaban J connectivity index is 1.18. The van der Waals surface area contributed by atoms with E-state index >= 15 is 0 Å². The molecule has 2 heteroatoms. The van der Waals surface area contributed by atoms with Crippen molar-refractivity contribution in [2.24, 2.45) is 0 Å². The average molecular weight is 785 g/mol. The van der Waals surface area contributed by atoms with E-state index in [1.807, 2.05) is 0 Å². The summed E-state index contributed by atoms with van der Waals surface area (Å²) in [6.07, 6.45) is 0. The molecule has 0 fully saturated rings. The normalized spacial score (nSPS) is 12.2. The van der Waals surface area contributed by atoms with Crippen molar-refractivity contribution in [2.75, 3.05) is 0 Å². The summed E-state index contributed by atoms with van der Waals surface area (Å²) in [4.78, 5) is 0. The molecule has 14 rings (SSSR count).